The maximum absolute atomic E-state index is 13.5. The monoisotopic (exact) mass is 272 g/mol. The second-order valence-corrected chi connectivity index (χ2v) is 5.01. The minimum atomic E-state index is -1.31. The second-order valence-electron chi connectivity index (χ2n) is 5.01. The van der Waals surface area contributed by atoms with Crippen LogP contribution in [0.5, 0.6) is 0 Å². The molecule has 0 aliphatic carbocycles. The van der Waals surface area contributed by atoms with E-state index in [2.05, 4.69) is 10.6 Å². The Kier molecular flexibility index (Phi) is 3.80. The molecule has 2 N–H and O–H groups in total. The quantitative estimate of drug-likeness (QED) is 0.812. The van der Waals surface area contributed by atoms with Crippen LogP contribution in [0, 0.1) is 22.9 Å². The summed E-state index contributed by atoms with van der Waals surface area (Å²) in [7, 11) is 0. The van der Waals surface area contributed by atoms with Crippen LogP contribution in [0.4, 0.5) is 18.9 Å². The van der Waals surface area contributed by atoms with E-state index in [4.69, 9.17) is 0 Å². The van der Waals surface area contributed by atoms with Crippen molar-refractivity contribution in [3.63, 3.8) is 0 Å². The molecule has 0 saturated carbocycles. The van der Waals surface area contributed by atoms with Crippen molar-refractivity contribution in [3.05, 3.63) is 29.6 Å². The Hall–Kier alpha value is -1.56. The van der Waals surface area contributed by atoms with Crippen molar-refractivity contribution in [1.29, 1.82) is 0 Å². The maximum atomic E-state index is 13.5. The molecule has 1 aliphatic rings. The van der Waals surface area contributed by atoms with E-state index in [0.29, 0.717) is 32.0 Å². The average molecular weight is 272 g/mol. The van der Waals surface area contributed by atoms with Crippen LogP contribution in [0.1, 0.15) is 19.8 Å². The van der Waals surface area contributed by atoms with Crippen molar-refractivity contribution in [2.45, 2.75) is 19.8 Å². The summed E-state index contributed by atoms with van der Waals surface area (Å²) in [5, 5.41) is 5.39. The number of hydrogen-bond donors (Lipinski definition) is 2. The fourth-order valence-electron chi connectivity index (χ4n) is 2.13. The van der Waals surface area contributed by atoms with Crippen LogP contribution in [-0.2, 0) is 4.79 Å². The van der Waals surface area contributed by atoms with Crippen LogP contribution in [0.15, 0.2) is 12.1 Å². The average Bonchev–Trinajstić information content (AvgIpc) is 2.36. The standard InChI is InChI=1S/C13H15F3N2O/c1-13(2-4-17-5-3-13)12(19)18-10-7-8(14)6-9(15)11(10)16/h6-7,17H,2-5H2,1H3,(H,18,19). The van der Waals surface area contributed by atoms with Gasteiger partial charge in [-0.25, -0.2) is 13.2 Å². The van der Waals surface area contributed by atoms with Gasteiger partial charge in [0, 0.05) is 17.5 Å². The molecule has 1 heterocycles. The van der Waals surface area contributed by atoms with Crippen LogP contribution in [0.3, 0.4) is 0 Å². The van der Waals surface area contributed by atoms with Crippen molar-refractivity contribution in [2.24, 2.45) is 5.41 Å². The first-order valence-corrected chi connectivity index (χ1v) is 6.09. The van der Waals surface area contributed by atoms with E-state index in [1.165, 1.54) is 0 Å². The van der Waals surface area contributed by atoms with Gasteiger partial charge in [-0.15, -0.1) is 0 Å². The Balaban J connectivity index is 2.19. The summed E-state index contributed by atoms with van der Waals surface area (Å²) in [5.74, 6) is -3.90. The van der Waals surface area contributed by atoms with Crippen LogP contribution in [0.25, 0.3) is 0 Å². The van der Waals surface area contributed by atoms with Crippen molar-refractivity contribution in [1.82, 2.24) is 5.32 Å². The van der Waals surface area contributed by atoms with Gasteiger partial charge in [0.15, 0.2) is 11.6 Å². The Morgan fingerprint density at radius 1 is 1.26 bits per heavy atom. The second kappa shape index (κ2) is 5.21. The number of nitrogens with one attached hydrogen (secondary N) is 2. The number of rotatable bonds is 2. The van der Waals surface area contributed by atoms with Gasteiger partial charge in [0.1, 0.15) is 5.82 Å². The molecule has 0 atom stereocenters. The van der Waals surface area contributed by atoms with Crippen molar-refractivity contribution >= 4 is 11.6 Å². The Morgan fingerprint density at radius 3 is 2.53 bits per heavy atom. The number of anilines is 1. The predicted molar refractivity (Wildman–Crippen MR) is 65.2 cm³/mol. The molecule has 104 valence electrons. The molecule has 1 amide bonds. The van der Waals surface area contributed by atoms with E-state index >= 15 is 0 Å². The molecule has 2 rings (SSSR count). The highest BCUT2D eigenvalue weighted by Crippen LogP contribution is 2.30. The molecule has 0 unspecified atom stereocenters. The third kappa shape index (κ3) is 2.89. The summed E-state index contributed by atoms with van der Waals surface area (Å²) < 4.78 is 39.5. The lowest BCUT2D eigenvalue weighted by molar-refractivity contribution is -0.126. The molecular weight excluding hydrogens is 257 g/mol. The van der Waals surface area contributed by atoms with Gasteiger partial charge < -0.3 is 10.6 Å². The fraction of sp³-hybridized carbons (Fsp3) is 0.462. The molecule has 0 radical (unpaired) electrons. The van der Waals surface area contributed by atoms with E-state index in [-0.39, 0.29) is 0 Å². The van der Waals surface area contributed by atoms with Gasteiger partial charge in [-0.05, 0) is 25.9 Å². The number of benzene rings is 1. The number of carbonyl (C=O) groups is 1. The van der Waals surface area contributed by atoms with E-state index < -0.39 is 34.5 Å². The normalized spacial score (nSPS) is 18.1. The first-order valence-electron chi connectivity index (χ1n) is 6.09. The molecule has 1 fully saturated rings. The number of hydrogen-bond acceptors (Lipinski definition) is 2. The van der Waals surface area contributed by atoms with Gasteiger partial charge >= 0.3 is 0 Å². The molecular formula is C13H15F3N2O. The molecule has 19 heavy (non-hydrogen) atoms. The topological polar surface area (TPSA) is 41.1 Å². The number of halogens is 3. The highest BCUT2D eigenvalue weighted by atomic mass is 19.2. The maximum Gasteiger partial charge on any atom is 0.230 e. The molecule has 0 spiro atoms. The lowest BCUT2D eigenvalue weighted by Crippen LogP contribution is -2.43. The van der Waals surface area contributed by atoms with Crippen LogP contribution < -0.4 is 10.6 Å². The number of amides is 1. The smallest absolute Gasteiger partial charge is 0.230 e. The summed E-state index contributed by atoms with van der Waals surface area (Å²) in [6.45, 7) is 3.13. The zero-order valence-corrected chi connectivity index (χ0v) is 10.5. The van der Waals surface area contributed by atoms with Crippen molar-refractivity contribution in [3.8, 4) is 0 Å². The van der Waals surface area contributed by atoms with E-state index in [1.807, 2.05) is 0 Å². The first kappa shape index (κ1) is 13.9. The highest BCUT2D eigenvalue weighted by Gasteiger charge is 2.35. The van der Waals surface area contributed by atoms with Gasteiger partial charge in [0.05, 0.1) is 5.69 Å². The first-order chi connectivity index (χ1) is 8.92. The van der Waals surface area contributed by atoms with Gasteiger partial charge in [-0.3, -0.25) is 4.79 Å². The minimum Gasteiger partial charge on any atom is -0.323 e. The van der Waals surface area contributed by atoms with E-state index in [1.54, 1.807) is 6.92 Å². The van der Waals surface area contributed by atoms with Gasteiger partial charge in [-0.2, -0.15) is 0 Å². The third-order valence-corrected chi connectivity index (χ3v) is 3.50. The van der Waals surface area contributed by atoms with Crippen LogP contribution in [-0.4, -0.2) is 19.0 Å². The van der Waals surface area contributed by atoms with Gasteiger partial charge in [0.2, 0.25) is 5.91 Å². The lowest BCUT2D eigenvalue weighted by atomic mass is 9.80. The summed E-state index contributed by atoms with van der Waals surface area (Å²) in [4.78, 5) is 12.1. The van der Waals surface area contributed by atoms with Gasteiger partial charge in [0.25, 0.3) is 0 Å². The van der Waals surface area contributed by atoms with Crippen LogP contribution >= 0.6 is 0 Å². The van der Waals surface area contributed by atoms with Crippen molar-refractivity contribution in [2.75, 3.05) is 18.4 Å². The van der Waals surface area contributed by atoms with E-state index in [0.717, 1.165) is 6.07 Å². The molecule has 0 bridgehead atoms. The molecule has 3 nitrogen and oxygen atoms in total. The summed E-state index contributed by atoms with van der Waals surface area (Å²) in [6.07, 6.45) is 1.19. The predicted octanol–water partition coefficient (Wildman–Crippen LogP) is 2.43. The summed E-state index contributed by atoms with van der Waals surface area (Å²) in [6, 6.07) is 1.22. The molecule has 1 aliphatic heterocycles. The highest BCUT2D eigenvalue weighted by molar-refractivity contribution is 5.95. The Morgan fingerprint density at radius 2 is 1.89 bits per heavy atom. The SMILES string of the molecule is CC1(C(=O)Nc2cc(F)cc(F)c2F)CCNCC1. The summed E-state index contributed by atoms with van der Waals surface area (Å²) >= 11 is 0. The molecule has 6 heteroatoms. The number of carbonyl (C=O) groups excluding carboxylic acids is 1. The largest absolute Gasteiger partial charge is 0.323 e. The number of piperidine rings is 1. The fourth-order valence-corrected chi connectivity index (χ4v) is 2.13. The van der Waals surface area contributed by atoms with Gasteiger partial charge in [-0.1, -0.05) is 6.92 Å². The lowest BCUT2D eigenvalue weighted by Gasteiger charge is -2.32. The third-order valence-electron chi connectivity index (χ3n) is 3.50. The molecule has 1 saturated heterocycles. The van der Waals surface area contributed by atoms with E-state index in [9.17, 15) is 18.0 Å². The Bertz CT molecular complexity index is 499. The summed E-state index contributed by atoms with van der Waals surface area (Å²) in [5.41, 5.74) is -1.11. The minimum absolute atomic E-state index is 0.419. The van der Waals surface area contributed by atoms with Crippen molar-refractivity contribution < 1.29 is 18.0 Å². The Labute approximate surface area is 109 Å². The van der Waals surface area contributed by atoms with Crippen LogP contribution in [0.2, 0.25) is 0 Å². The zero-order chi connectivity index (χ0) is 14.0. The zero-order valence-electron chi connectivity index (χ0n) is 10.5. The molecule has 1 aromatic carbocycles. The molecule has 1 aromatic rings. The molecule has 0 aromatic heterocycles.